The minimum Gasteiger partial charge on any atom is -0.348 e. The number of hydrogen-bond donors (Lipinski definition) is 2. The van der Waals surface area contributed by atoms with Crippen molar-refractivity contribution < 1.29 is 18.4 Å². The predicted octanol–water partition coefficient (Wildman–Crippen LogP) is 5.58. The SMILES string of the molecule is Cc1nnc(C(C)C)n1C1CC2CCC(C1)N2CC[C@H](NC(=O)C1CCC(F)(F)CC1)c1ccc(NC=O)s1. The third-order valence-corrected chi connectivity index (χ3v) is 10.0. The molecule has 214 valence electrons. The van der Waals surface area contributed by atoms with Crippen molar-refractivity contribution in [1.82, 2.24) is 25.0 Å². The molecule has 3 fully saturated rings. The molecule has 3 aliphatic rings. The molecule has 1 saturated carbocycles. The maximum absolute atomic E-state index is 13.7. The van der Waals surface area contributed by atoms with E-state index in [0.717, 1.165) is 47.3 Å². The maximum Gasteiger partial charge on any atom is 0.248 e. The van der Waals surface area contributed by atoms with Crippen LogP contribution < -0.4 is 10.6 Å². The monoisotopic (exact) mass is 562 g/mol. The smallest absolute Gasteiger partial charge is 0.248 e. The molecule has 3 atom stereocenters. The molecule has 2 aromatic heterocycles. The van der Waals surface area contributed by atoms with Crippen LogP contribution in [0.2, 0.25) is 0 Å². The number of rotatable bonds is 10. The summed E-state index contributed by atoms with van der Waals surface area (Å²) in [5.41, 5.74) is 0. The first-order valence-electron chi connectivity index (χ1n) is 14.3. The summed E-state index contributed by atoms with van der Waals surface area (Å²) in [6.07, 6.45) is 5.81. The molecular formula is C28H40F2N6O2S. The lowest BCUT2D eigenvalue weighted by molar-refractivity contribution is -0.130. The molecule has 0 radical (unpaired) electrons. The highest BCUT2D eigenvalue weighted by Crippen LogP contribution is 2.43. The largest absolute Gasteiger partial charge is 0.348 e. The summed E-state index contributed by atoms with van der Waals surface area (Å²) in [7, 11) is 0. The van der Waals surface area contributed by atoms with Crippen LogP contribution >= 0.6 is 11.3 Å². The van der Waals surface area contributed by atoms with E-state index in [1.165, 1.54) is 24.2 Å². The van der Waals surface area contributed by atoms with Gasteiger partial charge in [0.15, 0.2) is 0 Å². The molecule has 2 bridgehead atoms. The second-order valence-corrected chi connectivity index (χ2v) is 12.9. The van der Waals surface area contributed by atoms with E-state index >= 15 is 0 Å². The Balaban J connectivity index is 1.26. The number of halogens is 2. The number of thiophene rings is 1. The van der Waals surface area contributed by atoms with Gasteiger partial charge in [0.2, 0.25) is 18.2 Å². The third kappa shape index (κ3) is 6.19. The van der Waals surface area contributed by atoms with Gasteiger partial charge in [-0.25, -0.2) is 8.78 Å². The average molecular weight is 563 g/mol. The van der Waals surface area contributed by atoms with Crippen LogP contribution in [0.25, 0.3) is 0 Å². The van der Waals surface area contributed by atoms with Crippen LogP contribution in [0, 0.1) is 12.8 Å². The van der Waals surface area contributed by atoms with Crippen LogP contribution in [0.1, 0.15) is 106 Å². The quantitative estimate of drug-likeness (QED) is 0.369. The summed E-state index contributed by atoms with van der Waals surface area (Å²) in [6, 6.07) is 4.92. The van der Waals surface area contributed by atoms with Crippen molar-refractivity contribution in [1.29, 1.82) is 0 Å². The highest BCUT2D eigenvalue weighted by molar-refractivity contribution is 7.16. The molecular weight excluding hydrogens is 522 g/mol. The number of nitrogens with one attached hydrogen (secondary N) is 2. The number of nitrogens with zero attached hydrogens (tertiary/aromatic N) is 4. The fourth-order valence-electron chi connectivity index (χ4n) is 6.88. The highest BCUT2D eigenvalue weighted by atomic mass is 32.1. The van der Waals surface area contributed by atoms with Crippen LogP contribution in [0.15, 0.2) is 12.1 Å². The Kier molecular flexibility index (Phi) is 8.37. The maximum atomic E-state index is 13.7. The first-order valence-corrected chi connectivity index (χ1v) is 15.1. The number of aromatic nitrogens is 3. The Labute approximate surface area is 232 Å². The first-order chi connectivity index (χ1) is 18.6. The molecule has 11 heteroatoms. The number of carbonyl (C=O) groups excluding carboxylic acids is 2. The lowest BCUT2D eigenvalue weighted by Gasteiger charge is -2.40. The Morgan fingerprint density at radius 1 is 1.13 bits per heavy atom. The summed E-state index contributed by atoms with van der Waals surface area (Å²) in [4.78, 5) is 27.7. The van der Waals surface area contributed by atoms with Crippen molar-refractivity contribution in [3.63, 3.8) is 0 Å². The molecule has 5 rings (SSSR count). The van der Waals surface area contributed by atoms with E-state index in [4.69, 9.17) is 0 Å². The Morgan fingerprint density at radius 3 is 2.46 bits per heavy atom. The molecule has 2 aromatic rings. The minimum absolute atomic E-state index is 0.139. The average Bonchev–Trinajstić information content (AvgIpc) is 3.57. The fraction of sp³-hybridized carbons (Fsp3) is 0.714. The number of carbonyl (C=O) groups is 2. The lowest BCUT2D eigenvalue weighted by atomic mass is 9.86. The third-order valence-electron chi connectivity index (χ3n) is 8.89. The van der Waals surface area contributed by atoms with E-state index in [1.54, 1.807) is 0 Å². The van der Waals surface area contributed by atoms with Gasteiger partial charge in [-0.2, -0.15) is 0 Å². The van der Waals surface area contributed by atoms with Crippen molar-refractivity contribution in [2.24, 2.45) is 5.92 Å². The van der Waals surface area contributed by atoms with Gasteiger partial charge in [0.1, 0.15) is 11.6 Å². The summed E-state index contributed by atoms with van der Waals surface area (Å²) < 4.78 is 29.7. The van der Waals surface area contributed by atoms with Crippen LogP contribution in [-0.2, 0) is 9.59 Å². The van der Waals surface area contributed by atoms with Gasteiger partial charge in [-0.1, -0.05) is 13.8 Å². The zero-order valence-electron chi connectivity index (χ0n) is 23.0. The van der Waals surface area contributed by atoms with E-state index in [-0.39, 0.29) is 43.6 Å². The van der Waals surface area contributed by atoms with Gasteiger partial charge in [-0.3, -0.25) is 14.5 Å². The number of anilines is 1. The number of piperidine rings is 1. The summed E-state index contributed by atoms with van der Waals surface area (Å²) in [6.45, 7) is 7.22. The number of alkyl halides is 2. The second kappa shape index (κ2) is 11.6. The van der Waals surface area contributed by atoms with Crippen LogP contribution in [0.3, 0.4) is 0 Å². The van der Waals surface area contributed by atoms with E-state index in [2.05, 4.69) is 44.1 Å². The standard InChI is InChI=1S/C28H40F2N6O2S/c1-17(2)26-34-33-18(3)36(26)22-14-20-4-5-21(15-22)35(20)13-10-23(24-6-7-25(39-24)31-16-37)32-27(38)19-8-11-28(29,30)12-9-19/h6-7,16-17,19-23H,4-5,8-15H2,1-3H3,(H,31,37)(H,32,38)/t20?,21?,22?,23-/m0/s1. The van der Waals surface area contributed by atoms with E-state index in [1.807, 2.05) is 19.1 Å². The predicted molar refractivity (Wildman–Crippen MR) is 147 cm³/mol. The second-order valence-electron chi connectivity index (χ2n) is 11.8. The highest BCUT2D eigenvalue weighted by Gasteiger charge is 2.43. The molecule has 2 amide bonds. The zero-order valence-corrected chi connectivity index (χ0v) is 23.9. The number of aryl methyl sites for hydroxylation is 1. The van der Waals surface area contributed by atoms with Crippen molar-refractivity contribution in [3.8, 4) is 0 Å². The Bertz CT molecular complexity index is 1140. The summed E-state index contributed by atoms with van der Waals surface area (Å²) in [5.74, 6) is -0.811. The van der Waals surface area contributed by atoms with E-state index in [0.29, 0.717) is 30.5 Å². The molecule has 2 N–H and O–H groups in total. The number of amides is 2. The first kappa shape index (κ1) is 28.1. The van der Waals surface area contributed by atoms with E-state index in [9.17, 15) is 18.4 Å². The van der Waals surface area contributed by atoms with Crippen LogP contribution in [0.5, 0.6) is 0 Å². The van der Waals surface area contributed by atoms with Gasteiger partial charge in [-0.05, 0) is 64.0 Å². The van der Waals surface area contributed by atoms with E-state index < -0.39 is 5.92 Å². The van der Waals surface area contributed by atoms with Crippen molar-refractivity contribution in [2.45, 2.75) is 115 Å². The molecule has 0 aromatic carbocycles. The Morgan fingerprint density at radius 2 is 1.82 bits per heavy atom. The molecule has 2 saturated heterocycles. The number of hydrogen-bond acceptors (Lipinski definition) is 6. The van der Waals surface area contributed by atoms with Crippen LogP contribution in [0.4, 0.5) is 13.8 Å². The lowest BCUT2D eigenvalue weighted by Crippen LogP contribution is -2.45. The Hall–Kier alpha value is -2.40. The van der Waals surface area contributed by atoms with Gasteiger partial charge in [0.25, 0.3) is 0 Å². The number of fused-ring (bicyclic) bond motifs is 2. The van der Waals surface area contributed by atoms with Crippen molar-refractivity contribution >= 4 is 28.7 Å². The fourth-order valence-corrected chi connectivity index (χ4v) is 7.84. The van der Waals surface area contributed by atoms with Gasteiger partial charge in [-0.15, -0.1) is 21.5 Å². The van der Waals surface area contributed by atoms with Crippen molar-refractivity contribution in [3.05, 3.63) is 28.7 Å². The van der Waals surface area contributed by atoms with Gasteiger partial charge in [0.05, 0.1) is 11.0 Å². The molecule has 0 spiro atoms. The molecule has 4 heterocycles. The van der Waals surface area contributed by atoms with Gasteiger partial charge >= 0.3 is 0 Å². The van der Waals surface area contributed by atoms with Crippen molar-refractivity contribution in [2.75, 3.05) is 11.9 Å². The molecule has 8 nitrogen and oxygen atoms in total. The minimum atomic E-state index is -2.66. The normalized spacial score (nSPS) is 26.1. The molecule has 1 aliphatic carbocycles. The summed E-state index contributed by atoms with van der Waals surface area (Å²) in [5, 5.41) is 15.4. The molecule has 39 heavy (non-hydrogen) atoms. The topological polar surface area (TPSA) is 92.2 Å². The zero-order chi connectivity index (χ0) is 27.7. The molecule has 2 unspecified atom stereocenters. The van der Waals surface area contributed by atoms with Gasteiger partial charge < -0.3 is 15.2 Å². The van der Waals surface area contributed by atoms with Crippen LogP contribution in [-0.4, -0.2) is 56.5 Å². The summed E-state index contributed by atoms with van der Waals surface area (Å²) >= 11 is 1.45. The van der Waals surface area contributed by atoms with Gasteiger partial charge in [0, 0.05) is 54.2 Å². The molecule has 2 aliphatic heterocycles.